The normalized spacial score (nSPS) is 17.1. The molecule has 2 N–H and O–H groups in total. The fourth-order valence-corrected chi connectivity index (χ4v) is 5.35. The molecule has 16 nitrogen and oxygen atoms in total. The van der Waals surface area contributed by atoms with Crippen molar-refractivity contribution in [2.45, 2.75) is 11.8 Å². The summed E-state index contributed by atoms with van der Waals surface area (Å²) in [5.74, 6) is 1.01. The Kier molecular flexibility index (Phi) is 12.1. The third-order valence-electron chi connectivity index (χ3n) is 8.33. The molecule has 5 aromatic rings. The van der Waals surface area contributed by atoms with Crippen molar-refractivity contribution in [3.8, 4) is 5.75 Å². The number of nitrogens with one attached hydrogen (secondary N) is 2. The fourth-order valence-electron chi connectivity index (χ4n) is 5.35. The molecule has 0 spiro atoms. The van der Waals surface area contributed by atoms with Crippen molar-refractivity contribution in [2.24, 2.45) is 30.7 Å². The number of allylic oxidation sites excluding steroid dienone is 2. The molecule has 1 aliphatic rings. The first-order chi connectivity index (χ1) is 27.3. The van der Waals surface area contributed by atoms with Crippen LogP contribution in [0.5, 0.6) is 5.75 Å². The van der Waals surface area contributed by atoms with Crippen molar-refractivity contribution in [1.82, 2.24) is 0 Å². The molecular weight excluding hydrogens is 717 g/mol. The Morgan fingerprint density at radius 1 is 0.661 bits per heavy atom. The maximum Gasteiger partial charge on any atom is 0.269 e. The van der Waals surface area contributed by atoms with Gasteiger partial charge in [0.2, 0.25) is 17.3 Å². The molecule has 56 heavy (non-hydrogen) atoms. The molecule has 280 valence electrons. The highest BCUT2D eigenvalue weighted by Crippen LogP contribution is 2.35. The molecule has 0 saturated heterocycles. The van der Waals surface area contributed by atoms with E-state index in [0.29, 0.717) is 28.3 Å². The van der Waals surface area contributed by atoms with E-state index in [1.54, 1.807) is 37.5 Å². The molecule has 5 aromatic carbocycles. The lowest BCUT2D eigenvalue weighted by Gasteiger charge is -2.30. The van der Waals surface area contributed by atoms with Crippen LogP contribution in [-0.2, 0) is 4.74 Å². The molecule has 0 amide bonds. The molecule has 1 unspecified atom stereocenters. The number of anilines is 2. The van der Waals surface area contributed by atoms with Crippen LogP contribution in [0.15, 0.2) is 182 Å². The summed E-state index contributed by atoms with van der Waals surface area (Å²) in [5, 5.41) is 50.1. The lowest BCUT2D eigenvalue weighted by atomic mass is 9.91. The van der Waals surface area contributed by atoms with Crippen LogP contribution in [0.1, 0.15) is 16.7 Å². The highest BCUT2D eigenvalue weighted by atomic mass is 16.6. The van der Waals surface area contributed by atoms with Crippen molar-refractivity contribution < 1.29 is 19.3 Å². The Hall–Kier alpha value is -7.72. The van der Waals surface area contributed by atoms with Crippen molar-refractivity contribution in [3.63, 3.8) is 0 Å². The van der Waals surface area contributed by atoms with E-state index in [0.717, 1.165) is 11.1 Å². The number of hydrogen-bond donors (Lipinski definition) is 2. The maximum absolute atomic E-state index is 11.2. The van der Waals surface area contributed by atoms with Gasteiger partial charge in [0.1, 0.15) is 11.9 Å². The quantitative estimate of drug-likeness (QED) is 0.0390. The summed E-state index contributed by atoms with van der Waals surface area (Å²) in [4.78, 5) is 21.4. The van der Waals surface area contributed by atoms with Gasteiger partial charge in [0, 0.05) is 42.5 Å². The van der Waals surface area contributed by atoms with Crippen molar-refractivity contribution in [1.29, 1.82) is 0 Å². The van der Waals surface area contributed by atoms with Gasteiger partial charge in [-0.25, -0.2) is 0 Å². The number of amidine groups is 2. The molecule has 16 heteroatoms. The largest absolute Gasteiger partial charge is 0.497 e. The highest BCUT2D eigenvalue weighted by molar-refractivity contribution is 6.00. The van der Waals surface area contributed by atoms with Crippen LogP contribution in [0, 0.1) is 20.2 Å². The van der Waals surface area contributed by atoms with Crippen LogP contribution in [0.4, 0.5) is 22.7 Å². The summed E-state index contributed by atoms with van der Waals surface area (Å²) in [7, 11) is 3.12. The van der Waals surface area contributed by atoms with Crippen LogP contribution >= 0.6 is 0 Å². The minimum Gasteiger partial charge on any atom is -0.497 e. The topological polar surface area (TPSA) is 203 Å². The lowest BCUT2D eigenvalue weighted by molar-refractivity contribution is -0.385. The second kappa shape index (κ2) is 17.9. The second-order valence-electron chi connectivity index (χ2n) is 12.0. The molecule has 1 atom stereocenters. The van der Waals surface area contributed by atoms with Crippen LogP contribution in [-0.4, -0.2) is 47.5 Å². The number of azo groups is 2. The lowest BCUT2D eigenvalue weighted by Crippen LogP contribution is -2.38. The summed E-state index contributed by atoms with van der Waals surface area (Å²) in [6.45, 7) is 0. The summed E-state index contributed by atoms with van der Waals surface area (Å²) in [5.41, 5.74) is 7.95. The van der Waals surface area contributed by atoms with Gasteiger partial charge in [-0.05, 0) is 59.7 Å². The molecule has 0 heterocycles. The van der Waals surface area contributed by atoms with Gasteiger partial charge in [-0.1, -0.05) is 78.9 Å². The third kappa shape index (κ3) is 9.44. The van der Waals surface area contributed by atoms with E-state index in [2.05, 4.69) is 31.3 Å². The summed E-state index contributed by atoms with van der Waals surface area (Å²) in [6.07, 6.45) is 4.57. The number of nitro groups is 2. The smallest absolute Gasteiger partial charge is 0.269 e. The third-order valence-corrected chi connectivity index (χ3v) is 8.33. The van der Waals surface area contributed by atoms with Crippen molar-refractivity contribution in [2.75, 3.05) is 25.1 Å². The Labute approximate surface area is 320 Å². The zero-order valence-corrected chi connectivity index (χ0v) is 30.0. The fraction of sp³-hybridized carbons (Fsp3) is 0.100. The number of hydrazone groups is 2. The average molecular weight is 751 g/mol. The SMILES string of the molecule is COc1cccc(C2=CC(OC)C(N=NC(=NNc3ccc([N+](=O)[O-])cc3)c3ccccc3)(N=NC(=NNc3ccc([N+](=O)[O-])cc3)c3ccccc3)C=C2)c1. The van der Waals surface area contributed by atoms with Gasteiger partial charge in [-0.15, -0.1) is 20.5 Å². The molecule has 0 radical (unpaired) electrons. The van der Waals surface area contributed by atoms with E-state index in [1.165, 1.54) is 55.6 Å². The predicted molar refractivity (Wildman–Crippen MR) is 213 cm³/mol. The van der Waals surface area contributed by atoms with E-state index >= 15 is 0 Å². The van der Waals surface area contributed by atoms with E-state index in [1.807, 2.05) is 72.8 Å². The summed E-state index contributed by atoms with van der Waals surface area (Å²) >= 11 is 0. The van der Waals surface area contributed by atoms with Crippen LogP contribution in [0.25, 0.3) is 5.57 Å². The number of non-ortho nitro benzene ring substituents is 2. The molecule has 6 rings (SSSR count). The standard InChI is InChI=1S/C40H34N10O6/c1-55-36-15-9-14-30(26-36)31-24-25-40(37(27-31)56-2,47-45-38(28-10-5-3-6-11-28)43-41-32-16-20-34(21-17-32)49(51)52)48-46-39(29-12-7-4-8-13-29)44-42-33-18-22-35(23-19-33)50(53)54/h3-27,37,41-42H,1-2H3. The monoisotopic (exact) mass is 750 g/mol. The number of ether oxygens (including phenoxy) is 2. The maximum atomic E-state index is 11.2. The Morgan fingerprint density at radius 2 is 1.16 bits per heavy atom. The van der Waals surface area contributed by atoms with Gasteiger partial charge in [0.25, 0.3) is 11.4 Å². The number of nitrogens with zero attached hydrogens (tertiary/aromatic N) is 8. The van der Waals surface area contributed by atoms with Gasteiger partial charge < -0.3 is 9.47 Å². The van der Waals surface area contributed by atoms with E-state index in [-0.39, 0.29) is 23.0 Å². The second-order valence-corrected chi connectivity index (χ2v) is 12.0. The minimum absolute atomic E-state index is 0.0628. The van der Waals surface area contributed by atoms with Crippen LogP contribution < -0.4 is 15.6 Å². The first kappa shape index (κ1) is 38.0. The Balaban J connectivity index is 1.42. The van der Waals surface area contributed by atoms with Gasteiger partial charge in [0.15, 0.2) is 0 Å². The molecule has 0 fully saturated rings. The van der Waals surface area contributed by atoms with Crippen molar-refractivity contribution >= 4 is 40.0 Å². The molecule has 0 bridgehead atoms. The average Bonchev–Trinajstić information content (AvgIpc) is 3.24. The number of benzene rings is 5. The number of hydrogen-bond acceptors (Lipinski definition) is 12. The van der Waals surface area contributed by atoms with Gasteiger partial charge in [-0.3, -0.25) is 31.1 Å². The zero-order chi connectivity index (χ0) is 39.3. The minimum atomic E-state index is -1.59. The molecule has 0 aliphatic heterocycles. The first-order valence-electron chi connectivity index (χ1n) is 17.0. The van der Waals surface area contributed by atoms with Crippen molar-refractivity contribution in [3.05, 3.63) is 189 Å². The predicted octanol–water partition coefficient (Wildman–Crippen LogP) is 9.03. The van der Waals surface area contributed by atoms with Crippen LogP contribution in [0.2, 0.25) is 0 Å². The van der Waals surface area contributed by atoms with E-state index in [4.69, 9.17) is 19.7 Å². The summed E-state index contributed by atoms with van der Waals surface area (Å²) in [6, 6.07) is 37.3. The molecular formula is C40H34N10O6. The molecule has 0 saturated carbocycles. The number of nitro benzene ring substituents is 2. The van der Waals surface area contributed by atoms with E-state index < -0.39 is 21.6 Å². The Bertz CT molecular complexity index is 2220. The zero-order valence-electron chi connectivity index (χ0n) is 30.0. The number of methoxy groups -OCH3 is 2. The van der Waals surface area contributed by atoms with Gasteiger partial charge >= 0.3 is 0 Å². The van der Waals surface area contributed by atoms with Crippen LogP contribution in [0.3, 0.4) is 0 Å². The molecule has 0 aromatic heterocycles. The first-order valence-corrected chi connectivity index (χ1v) is 17.0. The number of rotatable bonds is 13. The van der Waals surface area contributed by atoms with E-state index in [9.17, 15) is 20.2 Å². The van der Waals surface area contributed by atoms with Gasteiger partial charge in [-0.2, -0.15) is 10.2 Å². The highest BCUT2D eigenvalue weighted by Gasteiger charge is 2.40. The summed E-state index contributed by atoms with van der Waals surface area (Å²) < 4.78 is 11.5. The Morgan fingerprint density at radius 3 is 1.61 bits per heavy atom. The molecule has 1 aliphatic carbocycles. The van der Waals surface area contributed by atoms with Gasteiger partial charge in [0.05, 0.1) is 28.3 Å².